The number of hydrogen-bond acceptors (Lipinski definition) is 4. The van der Waals surface area contributed by atoms with Gasteiger partial charge in [0.05, 0.1) is 0 Å². The molecule has 0 unspecified atom stereocenters. The lowest BCUT2D eigenvalue weighted by molar-refractivity contribution is -0.124. The number of nitrogens with one attached hydrogen (secondary N) is 1. The summed E-state index contributed by atoms with van der Waals surface area (Å²) >= 11 is 0. The molecule has 1 heterocycles. The number of fused-ring (bicyclic) bond motifs is 1. The molecule has 0 bridgehead atoms. The molecule has 144 valence electrons. The van der Waals surface area contributed by atoms with Gasteiger partial charge in [-0.2, -0.15) is 0 Å². The Labute approximate surface area is 163 Å². The lowest BCUT2D eigenvalue weighted by Crippen LogP contribution is -2.38. The maximum absolute atomic E-state index is 12.1. The summed E-state index contributed by atoms with van der Waals surface area (Å²) in [7, 11) is 0. The third-order valence-electron chi connectivity index (χ3n) is 5.14. The largest absolute Gasteiger partial charge is 0.484 e. The van der Waals surface area contributed by atoms with Crippen LogP contribution in [0.2, 0.25) is 0 Å². The van der Waals surface area contributed by atoms with E-state index in [1.54, 1.807) is 12.1 Å². The van der Waals surface area contributed by atoms with Crippen molar-refractivity contribution in [1.29, 1.82) is 0 Å². The predicted octanol–water partition coefficient (Wildman–Crippen LogP) is 4.29. The fourth-order valence-electron chi connectivity index (χ4n) is 3.75. The van der Waals surface area contributed by atoms with E-state index in [1.165, 1.54) is 25.3 Å². The van der Waals surface area contributed by atoms with E-state index in [9.17, 15) is 9.59 Å². The molecule has 28 heavy (non-hydrogen) atoms. The maximum Gasteiger partial charge on any atom is 0.336 e. The van der Waals surface area contributed by atoms with Crippen LogP contribution in [0, 0.1) is 0 Å². The summed E-state index contributed by atoms with van der Waals surface area (Å²) in [4.78, 5) is 24.1. The fourth-order valence-corrected chi connectivity index (χ4v) is 3.75. The fraction of sp³-hybridized carbons (Fsp3) is 0.304. The van der Waals surface area contributed by atoms with E-state index >= 15 is 0 Å². The molecular weight excluding hydrogens is 354 g/mol. The first-order valence-corrected chi connectivity index (χ1v) is 9.74. The molecule has 1 aliphatic carbocycles. The van der Waals surface area contributed by atoms with Gasteiger partial charge in [-0.25, -0.2) is 4.79 Å². The molecule has 1 aliphatic rings. The zero-order valence-electron chi connectivity index (χ0n) is 15.6. The maximum atomic E-state index is 12.1. The summed E-state index contributed by atoms with van der Waals surface area (Å²) in [6, 6.07) is 16.8. The molecule has 1 aromatic heterocycles. The van der Waals surface area contributed by atoms with Gasteiger partial charge in [0.1, 0.15) is 11.3 Å². The second-order valence-electron chi connectivity index (χ2n) is 7.19. The molecule has 0 saturated heterocycles. The van der Waals surface area contributed by atoms with E-state index in [-0.39, 0.29) is 18.6 Å². The van der Waals surface area contributed by atoms with E-state index in [0.29, 0.717) is 11.3 Å². The van der Waals surface area contributed by atoms with Gasteiger partial charge in [-0.15, -0.1) is 0 Å². The summed E-state index contributed by atoms with van der Waals surface area (Å²) in [5, 5.41) is 3.85. The summed E-state index contributed by atoms with van der Waals surface area (Å²) < 4.78 is 11.0. The van der Waals surface area contributed by atoms with Crippen LogP contribution in [0.1, 0.15) is 32.1 Å². The van der Waals surface area contributed by atoms with Gasteiger partial charge in [0.25, 0.3) is 5.91 Å². The van der Waals surface area contributed by atoms with Gasteiger partial charge in [-0.3, -0.25) is 4.79 Å². The molecule has 1 N–H and O–H groups in total. The normalized spacial score (nSPS) is 14.7. The Hall–Kier alpha value is -3.08. The minimum absolute atomic E-state index is 0.0510. The van der Waals surface area contributed by atoms with Crippen molar-refractivity contribution in [2.75, 3.05) is 6.61 Å². The van der Waals surface area contributed by atoms with Crippen molar-refractivity contribution in [1.82, 2.24) is 5.32 Å². The van der Waals surface area contributed by atoms with Crippen LogP contribution in [-0.4, -0.2) is 18.6 Å². The monoisotopic (exact) mass is 377 g/mol. The summed E-state index contributed by atoms with van der Waals surface area (Å²) in [5.41, 5.74) is 1.78. The van der Waals surface area contributed by atoms with Crippen molar-refractivity contribution in [3.63, 3.8) is 0 Å². The number of rotatable bonds is 5. The molecular formula is C23H23NO4. The SMILES string of the molecule is O=C(COc1ccc2c(-c3ccccc3)cc(=O)oc2c1)NC1CCCCC1. The molecule has 2 aromatic carbocycles. The van der Waals surface area contributed by atoms with Crippen molar-refractivity contribution in [2.45, 2.75) is 38.1 Å². The second-order valence-corrected chi connectivity index (χ2v) is 7.19. The minimum Gasteiger partial charge on any atom is -0.484 e. The van der Waals surface area contributed by atoms with Crippen molar-refractivity contribution in [2.24, 2.45) is 0 Å². The molecule has 5 nitrogen and oxygen atoms in total. The third-order valence-corrected chi connectivity index (χ3v) is 5.14. The molecule has 1 amide bonds. The van der Waals surface area contributed by atoms with Gasteiger partial charge in [-0.1, -0.05) is 49.6 Å². The van der Waals surface area contributed by atoms with Crippen LogP contribution in [-0.2, 0) is 4.79 Å². The van der Waals surface area contributed by atoms with Crippen molar-refractivity contribution < 1.29 is 13.9 Å². The standard InChI is InChI=1S/C23H23NO4/c25-22(24-17-9-5-2-6-10-17)15-27-18-11-12-19-20(16-7-3-1-4-8-16)14-23(26)28-21(19)13-18/h1,3-4,7-8,11-14,17H,2,5-6,9-10,15H2,(H,24,25). The number of ether oxygens (including phenoxy) is 1. The van der Waals surface area contributed by atoms with Gasteiger partial charge in [0.15, 0.2) is 6.61 Å². The minimum atomic E-state index is -0.418. The Morgan fingerprint density at radius 1 is 1.04 bits per heavy atom. The smallest absolute Gasteiger partial charge is 0.336 e. The van der Waals surface area contributed by atoms with Gasteiger partial charge < -0.3 is 14.5 Å². The topological polar surface area (TPSA) is 68.5 Å². The Morgan fingerprint density at radius 2 is 1.82 bits per heavy atom. The van der Waals surface area contributed by atoms with E-state index in [1.807, 2.05) is 36.4 Å². The molecule has 0 aliphatic heterocycles. The molecule has 1 saturated carbocycles. The van der Waals surface area contributed by atoms with Crippen LogP contribution in [0.3, 0.4) is 0 Å². The van der Waals surface area contributed by atoms with Crippen LogP contribution in [0.25, 0.3) is 22.1 Å². The molecule has 5 heteroatoms. The number of hydrogen-bond donors (Lipinski definition) is 1. The van der Waals surface area contributed by atoms with Crippen molar-refractivity contribution in [3.05, 3.63) is 65.0 Å². The van der Waals surface area contributed by atoms with E-state index in [2.05, 4.69) is 5.32 Å². The van der Waals surface area contributed by atoms with Crippen LogP contribution in [0.15, 0.2) is 63.8 Å². The molecule has 0 atom stereocenters. The first-order valence-electron chi connectivity index (χ1n) is 9.74. The number of carbonyl (C=O) groups excluding carboxylic acids is 1. The van der Waals surface area contributed by atoms with Gasteiger partial charge in [0.2, 0.25) is 0 Å². The first-order chi connectivity index (χ1) is 13.7. The van der Waals surface area contributed by atoms with Crippen LogP contribution >= 0.6 is 0 Å². The van der Waals surface area contributed by atoms with Gasteiger partial charge >= 0.3 is 5.63 Å². The van der Waals surface area contributed by atoms with Crippen molar-refractivity contribution in [3.8, 4) is 16.9 Å². The quantitative estimate of drug-likeness (QED) is 0.674. The lowest BCUT2D eigenvalue weighted by Gasteiger charge is -2.22. The van der Waals surface area contributed by atoms with E-state index < -0.39 is 5.63 Å². The Balaban J connectivity index is 1.50. The lowest BCUT2D eigenvalue weighted by atomic mass is 9.95. The second kappa shape index (κ2) is 8.30. The average Bonchev–Trinajstić information content (AvgIpc) is 2.73. The highest BCUT2D eigenvalue weighted by atomic mass is 16.5. The Bertz CT molecular complexity index is 1020. The zero-order chi connectivity index (χ0) is 19.3. The molecule has 0 spiro atoms. The molecule has 0 radical (unpaired) electrons. The number of carbonyl (C=O) groups is 1. The van der Waals surface area contributed by atoms with E-state index in [4.69, 9.17) is 9.15 Å². The summed E-state index contributed by atoms with van der Waals surface area (Å²) in [6.07, 6.45) is 5.65. The van der Waals surface area contributed by atoms with Crippen LogP contribution in [0.5, 0.6) is 5.75 Å². The zero-order valence-corrected chi connectivity index (χ0v) is 15.6. The van der Waals surface area contributed by atoms with Gasteiger partial charge in [0, 0.05) is 23.6 Å². The predicted molar refractivity (Wildman–Crippen MR) is 108 cm³/mol. The summed E-state index contributed by atoms with van der Waals surface area (Å²) in [6.45, 7) is -0.0510. The van der Waals surface area contributed by atoms with Crippen molar-refractivity contribution >= 4 is 16.9 Å². The number of amides is 1. The molecule has 4 rings (SSSR count). The molecule has 3 aromatic rings. The third kappa shape index (κ3) is 4.25. The highest BCUT2D eigenvalue weighted by molar-refractivity contribution is 5.93. The highest BCUT2D eigenvalue weighted by Crippen LogP contribution is 2.29. The number of benzene rings is 2. The van der Waals surface area contributed by atoms with Gasteiger partial charge in [-0.05, 0) is 36.1 Å². The molecule has 1 fully saturated rings. The summed E-state index contributed by atoms with van der Waals surface area (Å²) in [5.74, 6) is 0.381. The highest BCUT2D eigenvalue weighted by Gasteiger charge is 2.16. The Kier molecular flexibility index (Phi) is 5.42. The van der Waals surface area contributed by atoms with E-state index in [0.717, 1.165) is 29.4 Å². The first kappa shape index (κ1) is 18.3. The van der Waals surface area contributed by atoms with Crippen LogP contribution < -0.4 is 15.7 Å². The van der Waals surface area contributed by atoms with Crippen LogP contribution in [0.4, 0.5) is 0 Å². The Morgan fingerprint density at radius 3 is 2.61 bits per heavy atom. The average molecular weight is 377 g/mol.